The Kier molecular flexibility index (Phi) is 13.8. The van der Waals surface area contributed by atoms with Gasteiger partial charge in [0.2, 0.25) is 41.4 Å². The first-order chi connectivity index (χ1) is 23.6. The van der Waals surface area contributed by atoms with Crippen molar-refractivity contribution in [3.63, 3.8) is 0 Å². The van der Waals surface area contributed by atoms with Crippen LogP contribution in [-0.2, 0) is 40.0 Å². The van der Waals surface area contributed by atoms with Crippen molar-refractivity contribution in [2.24, 2.45) is 0 Å². The Hall–Kier alpha value is -5.55. The van der Waals surface area contributed by atoms with Crippen LogP contribution in [0, 0.1) is 0 Å². The fourth-order valence-electron chi connectivity index (χ4n) is 5.09. The number of phenols is 1. The van der Waals surface area contributed by atoms with E-state index in [9.17, 15) is 48.9 Å². The van der Waals surface area contributed by atoms with E-state index in [-0.39, 0.29) is 24.3 Å². The molecule has 0 radical (unpaired) electrons. The number of aromatic hydroxyl groups is 1. The summed E-state index contributed by atoms with van der Waals surface area (Å²) >= 11 is 0. The summed E-state index contributed by atoms with van der Waals surface area (Å²) in [6.45, 7) is 0.235. The van der Waals surface area contributed by atoms with Crippen LogP contribution in [0.3, 0.4) is 0 Å². The van der Waals surface area contributed by atoms with Crippen molar-refractivity contribution < 1.29 is 48.9 Å². The molecule has 0 aliphatic carbocycles. The lowest BCUT2D eigenvalue weighted by molar-refractivity contribution is -0.140. The van der Waals surface area contributed by atoms with Gasteiger partial charge in [-0.05, 0) is 35.7 Å². The normalized spacial score (nSPS) is 17.1. The van der Waals surface area contributed by atoms with Crippen molar-refractivity contribution in [1.82, 2.24) is 36.4 Å². The molecule has 1 aliphatic rings. The molecule has 17 heteroatoms. The zero-order valence-electron chi connectivity index (χ0n) is 28.2. The highest BCUT2D eigenvalue weighted by Gasteiger charge is 2.31. The summed E-state index contributed by atoms with van der Waals surface area (Å²) in [5.41, 5.74) is 1.75. The number of phenolic OH excluding ortho intramolecular Hbond substituents is 1. The zero-order valence-corrected chi connectivity index (χ0v) is 28.2. The molecule has 270 valence electrons. The molecule has 2 aromatic rings. The number of carbonyl (C=O) groups excluding carboxylic acids is 7. The topological polar surface area (TPSA) is 247 Å². The highest BCUT2D eigenvalue weighted by atomic mass is 16.3. The van der Waals surface area contributed by atoms with Crippen molar-refractivity contribution in [1.29, 1.82) is 0 Å². The van der Waals surface area contributed by atoms with Gasteiger partial charge in [0.25, 0.3) is 0 Å². The molecule has 4 atom stereocenters. The van der Waals surface area contributed by atoms with Gasteiger partial charge in [0.15, 0.2) is 0 Å². The average molecular weight is 698 g/mol. The second-order valence-electron chi connectivity index (χ2n) is 11.8. The molecule has 2 aromatic carbocycles. The molecule has 0 saturated carbocycles. The predicted molar refractivity (Wildman–Crippen MR) is 178 cm³/mol. The number of fused-ring (bicyclic) bond motifs is 5. The summed E-state index contributed by atoms with van der Waals surface area (Å²) in [5.74, 6) is -4.93. The average Bonchev–Trinajstić information content (AvgIpc) is 3.08. The molecule has 0 spiro atoms. The second-order valence-corrected chi connectivity index (χ2v) is 11.8. The van der Waals surface area contributed by atoms with E-state index in [0.29, 0.717) is 16.7 Å². The SMILES string of the molecule is CC(=O)N(C)[C@H](CO)C(=O)NCC(=O)NCC(=O)N(C)C1C(=O)NCC(=O)N[C@H](C(=O)NC[C@@H](C)O)Cc2cccc(c2)-c2cc1ccc2O. The van der Waals surface area contributed by atoms with Crippen molar-refractivity contribution in [2.45, 2.75) is 44.5 Å². The minimum Gasteiger partial charge on any atom is -0.507 e. The van der Waals surface area contributed by atoms with Crippen molar-refractivity contribution in [3.8, 4) is 16.9 Å². The molecular formula is C33H43N7O10. The van der Waals surface area contributed by atoms with Crippen LogP contribution in [0.1, 0.15) is 31.0 Å². The van der Waals surface area contributed by atoms with Gasteiger partial charge in [-0.25, -0.2) is 0 Å². The molecule has 0 fully saturated rings. The van der Waals surface area contributed by atoms with Crippen LogP contribution in [-0.4, -0.2) is 132 Å². The van der Waals surface area contributed by atoms with Gasteiger partial charge in [0.1, 0.15) is 23.9 Å². The number of nitrogens with zero attached hydrogens (tertiary/aromatic N) is 2. The van der Waals surface area contributed by atoms with Gasteiger partial charge < -0.3 is 51.7 Å². The van der Waals surface area contributed by atoms with Gasteiger partial charge >= 0.3 is 0 Å². The summed E-state index contributed by atoms with van der Waals surface area (Å²) in [6, 6.07) is 7.52. The van der Waals surface area contributed by atoms with Crippen LogP contribution in [0.25, 0.3) is 11.1 Å². The Bertz CT molecular complexity index is 1610. The molecule has 3 rings (SSSR count). The molecule has 7 amide bonds. The number of aliphatic hydroxyl groups is 2. The first-order valence-electron chi connectivity index (χ1n) is 15.7. The third-order valence-corrected chi connectivity index (χ3v) is 7.99. The fraction of sp³-hybridized carbons (Fsp3) is 0.424. The fourth-order valence-corrected chi connectivity index (χ4v) is 5.09. The molecule has 1 heterocycles. The lowest BCUT2D eigenvalue weighted by Gasteiger charge is -2.29. The maximum Gasteiger partial charge on any atom is 0.247 e. The van der Waals surface area contributed by atoms with E-state index >= 15 is 0 Å². The predicted octanol–water partition coefficient (Wildman–Crippen LogP) is -2.72. The Balaban J connectivity index is 1.84. The molecular weight excluding hydrogens is 654 g/mol. The van der Waals surface area contributed by atoms with Gasteiger partial charge in [0, 0.05) is 39.5 Å². The summed E-state index contributed by atoms with van der Waals surface area (Å²) in [4.78, 5) is 91.2. The molecule has 1 aliphatic heterocycles. The van der Waals surface area contributed by atoms with E-state index in [1.54, 1.807) is 24.3 Å². The monoisotopic (exact) mass is 697 g/mol. The van der Waals surface area contributed by atoms with Crippen LogP contribution in [0.5, 0.6) is 5.75 Å². The van der Waals surface area contributed by atoms with E-state index < -0.39 is 91.8 Å². The summed E-state index contributed by atoms with van der Waals surface area (Å²) < 4.78 is 0. The Morgan fingerprint density at radius 2 is 1.72 bits per heavy atom. The standard InChI is InChI=1S/C33H43N7O10/c1-18(42)13-35-31(48)24-11-20-6-5-7-21(10-20)23-12-22(8-9-26(23)44)30(33(50)37-15-28(46)38-24)40(4)29(47)16-34-27(45)14-36-32(49)25(17-41)39(3)19(2)43/h5-10,12,18,24-25,30,41-42,44H,11,13-17H2,1-4H3,(H,34,45)(H,35,48)(H,36,49)(H,37,50)(H,38,46)/t18-,24+,25-,30?/m1/s1. The summed E-state index contributed by atoms with van der Waals surface area (Å²) in [6.07, 6.45) is -0.769. The number of nitrogens with one attached hydrogen (secondary N) is 5. The van der Waals surface area contributed by atoms with Crippen molar-refractivity contribution in [3.05, 3.63) is 53.6 Å². The first kappa shape index (κ1) is 38.9. The smallest absolute Gasteiger partial charge is 0.247 e. The number of likely N-dealkylation sites (N-methyl/N-ethyl adjacent to an activating group) is 2. The number of hydrogen-bond acceptors (Lipinski definition) is 10. The maximum atomic E-state index is 13.6. The largest absolute Gasteiger partial charge is 0.507 e. The molecule has 0 saturated heterocycles. The molecule has 17 nitrogen and oxygen atoms in total. The third-order valence-electron chi connectivity index (χ3n) is 7.99. The van der Waals surface area contributed by atoms with Gasteiger partial charge in [0.05, 0.1) is 32.3 Å². The number of hydrogen-bond donors (Lipinski definition) is 8. The van der Waals surface area contributed by atoms with E-state index in [4.69, 9.17) is 0 Å². The minimum atomic E-state index is -1.35. The lowest BCUT2D eigenvalue weighted by Crippen LogP contribution is -2.52. The highest BCUT2D eigenvalue weighted by molar-refractivity contribution is 5.95. The van der Waals surface area contributed by atoms with Crippen LogP contribution in [0.2, 0.25) is 0 Å². The van der Waals surface area contributed by atoms with Crippen LogP contribution >= 0.6 is 0 Å². The number of benzene rings is 2. The third kappa shape index (κ3) is 10.5. The van der Waals surface area contributed by atoms with E-state index in [1.165, 1.54) is 46.1 Å². The molecule has 4 bridgehead atoms. The van der Waals surface area contributed by atoms with Crippen LogP contribution in [0.4, 0.5) is 0 Å². The molecule has 1 unspecified atom stereocenters. The molecule has 0 aromatic heterocycles. The van der Waals surface area contributed by atoms with Crippen molar-refractivity contribution >= 4 is 41.4 Å². The summed E-state index contributed by atoms with van der Waals surface area (Å²) in [5, 5.41) is 42.2. The first-order valence-corrected chi connectivity index (χ1v) is 15.7. The van der Waals surface area contributed by atoms with Gasteiger partial charge in [-0.2, -0.15) is 0 Å². The van der Waals surface area contributed by atoms with E-state index in [2.05, 4.69) is 26.6 Å². The number of rotatable bonds is 11. The quantitative estimate of drug-likeness (QED) is 0.121. The number of carbonyl (C=O) groups is 7. The maximum absolute atomic E-state index is 13.6. The van der Waals surface area contributed by atoms with Gasteiger partial charge in [-0.1, -0.05) is 30.3 Å². The van der Waals surface area contributed by atoms with Crippen LogP contribution in [0.15, 0.2) is 42.5 Å². The summed E-state index contributed by atoms with van der Waals surface area (Å²) in [7, 11) is 2.62. The Morgan fingerprint density at radius 1 is 1.00 bits per heavy atom. The second kappa shape index (κ2) is 17.7. The number of amides is 7. The Morgan fingerprint density at radius 3 is 2.38 bits per heavy atom. The lowest BCUT2D eigenvalue weighted by atomic mass is 9.94. The molecule has 8 N–H and O–H groups in total. The minimum absolute atomic E-state index is 0.0529. The zero-order chi connectivity index (χ0) is 37.1. The van der Waals surface area contributed by atoms with Crippen molar-refractivity contribution in [2.75, 3.05) is 46.9 Å². The Labute approximate surface area is 288 Å². The van der Waals surface area contributed by atoms with E-state index in [0.717, 1.165) is 9.80 Å². The van der Waals surface area contributed by atoms with Crippen LogP contribution < -0.4 is 26.6 Å². The van der Waals surface area contributed by atoms with Gasteiger partial charge in [-0.15, -0.1) is 0 Å². The molecule has 50 heavy (non-hydrogen) atoms. The number of aliphatic hydroxyl groups excluding tert-OH is 2. The van der Waals surface area contributed by atoms with E-state index in [1.807, 2.05) is 0 Å². The van der Waals surface area contributed by atoms with Gasteiger partial charge in [-0.3, -0.25) is 33.6 Å². The highest BCUT2D eigenvalue weighted by Crippen LogP contribution is 2.34.